The van der Waals surface area contributed by atoms with E-state index in [9.17, 15) is 18.0 Å². The largest absolute Gasteiger partial charge is 0.497 e. The Morgan fingerprint density at radius 1 is 0.974 bits per heavy atom. The van der Waals surface area contributed by atoms with Gasteiger partial charge in [0, 0.05) is 18.7 Å². The van der Waals surface area contributed by atoms with Crippen molar-refractivity contribution in [2.75, 3.05) is 30.4 Å². The lowest BCUT2D eigenvalue weighted by Gasteiger charge is -2.26. The summed E-state index contributed by atoms with van der Waals surface area (Å²) in [5.74, 6) is 0.525. The topological polar surface area (TPSA) is 126 Å². The van der Waals surface area contributed by atoms with Crippen molar-refractivity contribution in [3.05, 3.63) is 84.4 Å². The fourth-order valence-corrected chi connectivity index (χ4v) is 5.11. The van der Waals surface area contributed by atoms with Crippen LogP contribution in [0.3, 0.4) is 0 Å². The molecule has 0 bridgehead atoms. The number of benzene rings is 3. The number of amides is 3. The monoisotopic (exact) mass is 538 g/mol. The molecule has 0 spiro atoms. The van der Waals surface area contributed by atoms with Crippen molar-refractivity contribution in [2.45, 2.75) is 24.8 Å². The third kappa shape index (κ3) is 6.00. The van der Waals surface area contributed by atoms with Crippen molar-refractivity contribution in [3.8, 4) is 11.5 Å². The summed E-state index contributed by atoms with van der Waals surface area (Å²) < 4.78 is 40.1. The highest BCUT2D eigenvalue weighted by atomic mass is 32.2. The summed E-state index contributed by atoms with van der Waals surface area (Å²) in [4.78, 5) is 28.1. The van der Waals surface area contributed by atoms with Gasteiger partial charge in [0.2, 0.25) is 0 Å². The standard InChI is InChI=1S/C27H30N4O6S/c1-4-37-23-14-10-20(11-15-23)29-38(34,35)30-26(33)28-27(18-24(27)19-8-6-5-7-9-19)25(32)31(2)21-12-16-22(36-3)17-13-21/h5-17,24,29H,4,18H2,1-3H3,(H2,28,30,33). The van der Waals surface area contributed by atoms with Gasteiger partial charge < -0.3 is 19.7 Å². The van der Waals surface area contributed by atoms with Gasteiger partial charge >= 0.3 is 16.2 Å². The zero-order valence-corrected chi connectivity index (χ0v) is 22.1. The molecule has 4 rings (SSSR count). The Labute approximate surface area is 222 Å². The lowest BCUT2D eigenvalue weighted by atomic mass is 10.0. The Kier molecular flexibility index (Phi) is 7.77. The van der Waals surface area contributed by atoms with Crippen LogP contribution in [0.4, 0.5) is 16.2 Å². The normalized spacial score (nSPS) is 18.1. The predicted octanol–water partition coefficient (Wildman–Crippen LogP) is 3.64. The SMILES string of the molecule is CCOc1ccc(NS(=O)(=O)NC(=O)NC2(C(=O)N(C)c3ccc(OC)cc3)CC2c2ccccc2)cc1. The highest BCUT2D eigenvalue weighted by molar-refractivity contribution is 7.91. The molecule has 200 valence electrons. The predicted molar refractivity (Wildman–Crippen MR) is 145 cm³/mol. The van der Waals surface area contributed by atoms with Crippen molar-refractivity contribution in [1.29, 1.82) is 0 Å². The number of urea groups is 1. The first kappa shape index (κ1) is 26.8. The summed E-state index contributed by atoms with van der Waals surface area (Å²) in [6, 6.07) is 21.5. The maximum absolute atomic E-state index is 13.7. The average molecular weight is 539 g/mol. The van der Waals surface area contributed by atoms with E-state index >= 15 is 0 Å². The number of ether oxygens (including phenoxy) is 2. The zero-order chi connectivity index (χ0) is 27.3. The van der Waals surface area contributed by atoms with Gasteiger partial charge in [0.1, 0.15) is 17.0 Å². The Bertz CT molecular complexity index is 1380. The van der Waals surface area contributed by atoms with Crippen LogP contribution in [0.25, 0.3) is 0 Å². The third-order valence-electron chi connectivity index (χ3n) is 6.29. The molecular weight excluding hydrogens is 508 g/mol. The number of likely N-dealkylation sites (N-methyl/N-ethyl adjacent to an activating group) is 1. The van der Waals surface area contributed by atoms with E-state index in [2.05, 4.69) is 10.0 Å². The molecule has 3 amide bonds. The molecule has 0 aromatic heterocycles. The van der Waals surface area contributed by atoms with E-state index in [0.717, 1.165) is 5.56 Å². The van der Waals surface area contributed by atoms with E-state index in [0.29, 0.717) is 30.2 Å². The first-order valence-electron chi connectivity index (χ1n) is 12.0. The van der Waals surface area contributed by atoms with E-state index in [1.807, 2.05) is 42.0 Å². The molecular formula is C27H30N4O6S. The molecule has 3 aromatic carbocycles. The maximum Gasteiger partial charge on any atom is 0.330 e. The van der Waals surface area contributed by atoms with Crippen LogP contribution in [0.2, 0.25) is 0 Å². The van der Waals surface area contributed by atoms with Gasteiger partial charge in [-0.15, -0.1) is 0 Å². The van der Waals surface area contributed by atoms with Crippen LogP contribution in [-0.2, 0) is 15.0 Å². The minimum Gasteiger partial charge on any atom is -0.497 e. The number of anilines is 2. The molecule has 1 saturated carbocycles. The van der Waals surface area contributed by atoms with Crippen molar-refractivity contribution >= 4 is 33.5 Å². The second-order valence-corrected chi connectivity index (χ2v) is 10.2. The highest BCUT2D eigenvalue weighted by Crippen LogP contribution is 2.52. The van der Waals surface area contributed by atoms with Crippen LogP contribution in [0.5, 0.6) is 11.5 Å². The third-order valence-corrected chi connectivity index (χ3v) is 7.25. The lowest BCUT2D eigenvalue weighted by Crippen LogP contribution is -2.55. The van der Waals surface area contributed by atoms with Crippen LogP contribution >= 0.6 is 0 Å². The first-order chi connectivity index (χ1) is 18.2. The zero-order valence-electron chi connectivity index (χ0n) is 21.3. The number of methoxy groups -OCH3 is 1. The number of nitrogens with zero attached hydrogens (tertiary/aromatic N) is 1. The van der Waals surface area contributed by atoms with Crippen LogP contribution in [0, 0.1) is 0 Å². The van der Waals surface area contributed by atoms with Gasteiger partial charge in [-0.3, -0.25) is 9.52 Å². The molecule has 2 atom stereocenters. The van der Waals surface area contributed by atoms with Gasteiger partial charge in [0.05, 0.1) is 19.4 Å². The summed E-state index contributed by atoms with van der Waals surface area (Å²) >= 11 is 0. The van der Waals surface area contributed by atoms with E-state index < -0.39 is 21.8 Å². The number of carbonyl (C=O) groups excluding carboxylic acids is 2. The van der Waals surface area contributed by atoms with Crippen LogP contribution < -0.4 is 29.1 Å². The van der Waals surface area contributed by atoms with Gasteiger partial charge in [-0.2, -0.15) is 8.42 Å². The van der Waals surface area contributed by atoms with Crippen molar-refractivity contribution in [2.24, 2.45) is 0 Å². The molecule has 0 heterocycles. The molecule has 0 saturated heterocycles. The summed E-state index contributed by atoms with van der Waals surface area (Å²) in [7, 11) is -1.13. The number of hydrogen-bond donors (Lipinski definition) is 3. The minimum absolute atomic E-state index is 0.243. The van der Waals surface area contributed by atoms with E-state index in [4.69, 9.17) is 9.47 Å². The number of hydrogen-bond acceptors (Lipinski definition) is 6. The molecule has 0 radical (unpaired) electrons. The minimum atomic E-state index is -4.28. The van der Waals surface area contributed by atoms with E-state index in [-0.39, 0.29) is 17.5 Å². The number of rotatable bonds is 10. The lowest BCUT2D eigenvalue weighted by molar-refractivity contribution is -0.121. The maximum atomic E-state index is 13.7. The second kappa shape index (κ2) is 11.0. The van der Waals surface area contributed by atoms with Gasteiger partial charge in [0.15, 0.2) is 0 Å². The Morgan fingerprint density at radius 2 is 1.61 bits per heavy atom. The number of carbonyl (C=O) groups is 2. The summed E-state index contributed by atoms with van der Waals surface area (Å²) in [6.45, 7) is 2.32. The molecule has 10 nitrogen and oxygen atoms in total. The van der Waals surface area contributed by atoms with Crippen molar-refractivity contribution in [1.82, 2.24) is 10.0 Å². The summed E-state index contributed by atoms with van der Waals surface area (Å²) in [5.41, 5.74) is 0.377. The molecule has 1 fully saturated rings. The molecule has 11 heteroatoms. The second-order valence-electron chi connectivity index (χ2n) is 8.82. The van der Waals surface area contributed by atoms with Gasteiger partial charge in [0.25, 0.3) is 5.91 Å². The average Bonchev–Trinajstić information content (AvgIpc) is 3.64. The van der Waals surface area contributed by atoms with Crippen LogP contribution in [0.1, 0.15) is 24.8 Å². The van der Waals surface area contributed by atoms with Crippen molar-refractivity contribution in [3.63, 3.8) is 0 Å². The van der Waals surface area contributed by atoms with E-state index in [1.54, 1.807) is 50.6 Å². The smallest absolute Gasteiger partial charge is 0.330 e. The summed E-state index contributed by atoms with van der Waals surface area (Å²) in [5, 5.41) is 2.65. The quantitative estimate of drug-likeness (QED) is 0.362. The Hall–Kier alpha value is -4.25. The number of nitrogens with one attached hydrogen (secondary N) is 3. The Balaban J connectivity index is 1.51. The molecule has 0 aliphatic heterocycles. The molecule has 1 aliphatic carbocycles. The van der Waals surface area contributed by atoms with Gasteiger partial charge in [-0.25, -0.2) is 9.52 Å². The van der Waals surface area contributed by atoms with Gasteiger partial charge in [-0.05, 0) is 67.4 Å². The molecule has 3 aromatic rings. The summed E-state index contributed by atoms with van der Waals surface area (Å²) in [6.07, 6.45) is 0.316. The fourth-order valence-electron chi connectivity index (χ4n) is 4.32. The molecule has 38 heavy (non-hydrogen) atoms. The van der Waals surface area contributed by atoms with E-state index in [1.165, 1.54) is 17.0 Å². The highest BCUT2D eigenvalue weighted by Gasteiger charge is 2.63. The Morgan fingerprint density at radius 3 is 2.21 bits per heavy atom. The molecule has 2 unspecified atom stereocenters. The fraction of sp³-hybridized carbons (Fsp3) is 0.259. The van der Waals surface area contributed by atoms with Gasteiger partial charge in [-0.1, -0.05) is 30.3 Å². The molecule has 1 aliphatic rings. The van der Waals surface area contributed by atoms with Crippen molar-refractivity contribution < 1.29 is 27.5 Å². The van der Waals surface area contributed by atoms with Crippen LogP contribution in [-0.4, -0.2) is 46.7 Å². The first-order valence-corrected chi connectivity index (χ1v) is 13.5. The molecule has 3 N–H and O–H groups in total. The van der Waals surface area contributed by atoms with Crippen LogP contribution in [0.15, 0.2) is 78.9 Å².